The lowest BCUT2D eigenvalue weighted by molar-refractivity contribution is 0.704. The number of nitrogens with one attached hydrogen (secondary N) is 1. The van der Waals surface area contributed by atoms with Crippen LogP contribution >= 0.6 is 23.2 Å². The monoisotopic (exact) mass is 447 g/mol. The van der Waals surface area contributed by atoms with Crippen molar-refractivity contribution in [3.8, 4) is 11.4 Å². The van der Waals surface area contributed by atoms with Gasteiger partial charge >= 0.3 is 0 Å². The number of aryl methyl sites for hydroxylation is 1. The van der Waals surface area contributed by atoms with E-state index in [1.54, 1.807) is 12.4 Å². The van der Waals surface area contributed by atoms with Crippen LogP contribution in [-0.2, 0) is 6.54 Å². The molecular weight excluding hydrogens is 429 g/mol. The molecule has 0 radical (unpaired) electrons. The molecule has 5 rings (SSSR count). The number of pyridine rings is 2. The zero-order chi connectivity index (χ0) is 21.4. The highest BCUT2D eigenvalue weighted by atomic mass is 35.5. The molecule has 0 unspecified atom stereocenters. The molecule has 0 aliphatic carbocycles. The summed E-state index contributed by atoms with van der Waals surface area (Å²) >= 11 is 13.1. The Balaban J connectivity index is 1.52. The Hall–Kier alpha value is -3.15. The summed E-state index contributed by atoms with van der Waals surface area (Å²) in [6.07, 6.45) is 4.53. The van der Waals surface area contributed by atoms with Crippen LogP contribution < -0.4 is 5.32 Å². The summed E-state index contributed by atoms with van der Waals surface area (Å²) in [5.41, 5.74) is 4.48. The van der Waals surface area contributed by atoms with Crippen molar-refractivity contribution >= 4 is 56.6 Å². The van der Waals surface area contributed by atoms with Crippen LogP contribution in [0.4, 0.5) is 11.5 Å². The van der Waals surface area contributed by atoms with Gasteiger partial charge in [-0.1, -0.05) is 42.3 Å². The highest BCUT2D eigenvalue weighted by Crippen LogP contribution is 2.33. The van der Waals surface area contributed by atoms with Gasteiger partial charge in [-0.15, -0.1) is 0 Å². The van der Waals surface area contributed by atoms with Crippen molar-refractivity contribution in [2.45, 2.75) is 19.9 Å². The molecule has 0 spiro atoms. The second-order valence-corrected chi connectivity index (χ2v) is 8.10. The van der Waals surface area contributed by atoms with E-state index in [2.05, 4.69) is 26.8 Å². The SMILES string of the molecule is CCCn1c(-c2cnc(Nc3ccc4ncccc4c3)c(Cl)c2)nc2cccc(Cl)c21. The number of anilines is 2. The van der Waals surface area contributed by atoms with Gasteiger partial charge in [0.25, 0.3) is 0 Å². The second kappa shape index (κ2) is 8.17. The van der Waals surface area contributed by atoms with Crippen LogP contribution in [0, 0.1) is 0 Å². The molecule has 0 amide bonds. The maximum absolute atomic E-state index is 6.61. The molecule has 0 bridgehead atoms. The summed E-state index contributed by atoms with van der Waals surface area (Å²) in [5, 5.41) is 5.55. The van der Waals surface area contributed by atoms with Gasteiger partial charge in [0.05, 0.1) is 26.6 Å². The molecule has 31 heavy (non-hydrogen) atoms. The van der Waals surface area contributed by atoms with Gasteiger partial charge in [-0.25, -0.2) is 9.97 Å². The Morgan fingerprint density at radius 3 is 2.68 bits per heavy atom. The Labute approximate surface area is 189 Å². The average molecular weight is 448 g/mol. The minimum Gasteiger partial charge on any atom is -0.339 e. The van der Waals surface area contributed by atoms with Crippen molar-refractivity contribution < 1.29 is 0 Å². The normalized spacial score (nSPS) is 11.3. The quantitative estimate of drug-likeness (QED) is 0.311. The number of benzene rings is 2. The molecule has 2 aromatic carbocycles. The summed E-state index contributed by atoms with van der Waals surface area (Å²) in [6.45, 7) is 2.93. The molecule has 7 heteroatoms. The molecule has 5 aromatic rings. The van der Waals surface area contributed by atoms with E-state index in [0.29, 0.717) is 15.9 Å². The third-order valence-electron chi connectivity index (χ3n) is 5.13. The van der Waals surface area contributed by atoms with Crippen LogP contribution in [0.15, 0.2) is 67.0 Å². The molecule has 1 N–H and O–H groups in total. The maximum Gasteiger partial charge on any atom is 0.149 e. The van der Waals surface area contributed by atoms with Crippen molar-refractivity contribution in [3.05, 3.63) is 77.0 Å². The number of fused-ring (bicyclic) bond motifs is 2. The first kappa shape index (κ1) is 19.8. The van der Waals surface area contributed by atoms with E-state index in [0.717, 1.165) is 52.0 Å². The van der Waals surface area contributed by atoms with Gasteiger partial charge in [0.1, 0.15) is 11.6 Å². The number of hydrogen-bond acceptors (Lipinski definition) is 4. The van der Waals surface area contributed by atoms with E-state index < -0.39 is 0 Å². The molecule has 0 saturated carbocycles. The van der Waals surface area contributed by atoms with Crippen LogP contribution in [0.3, 0.4) is 0 Å². The van der Waals surface area contributed by atoms with E-state index in [1.165, 1.54) is 0 Å². The first-order valence-electron chi connectivity index (χ1n) is 10.1. The molecule has 0 saturated heterocycles. The van der Waals surface area contributed by atoms with Crippen molar-refractivity contribution in [3.63, 3.8) is 0 Å². The van der Waals surface area contributed by atoms with Crippen LogP contribution in [0.2, 0.25) is 10.0 Å². The zero-order valence-corrected chi connectivity index (χ0v) is 18.3. The number of hydrogen-bond donors (Lipinski definition) is 1. The maximum atomic E-state index is 6.61. The third-order valence-corrected chi connectivity index (χ3v) is 5.72. The fourth-order valence-electron chi connectivity index (χ4n) is 3.75. The van der Waals surface area contributed by atoms with Crippen molar-refractivity contribution in [1.82, 2.24) is 19.5 Å². The van der Waals surface area contributed by atoms with E-state index in [9.17, 15) is 0 Å². The van der Waals surface area contributed by atoms with E-state index in [4.69, 9.17) is 28.2 Å². The second-order valence-electron chi connectivity index (χ2n) is 7.28. The topological polar surface area (TPSA) is 55.6 Å². The zero-order valence-electron chi connectivity index (χ0n) is 16.8. The number of halogens is 2. The van der Waals surface area contributed by atoms with Crippen LogP contribution in [0.1, 0.15) is 13.3 Å². The molecule has 5 nitrogen and oxygen atoms in total. The van der Waals surface area contributed by atoms with Gasteiger partial charge in [-0.05, 0) is 48.9 Å². The summed E-state index contributed by atoms with van der Waals surface area (Å²) in [4.78, 5) is 13.7. The van der Waals surface area contributed by atoms with Gasteiger partial charge in [0.2, 0.25) is 0 Å². The largest absolute Gasteiger partial charge is 0.339 e. The van der Waals surface area contributed by atoms with Crippen molar-refractivity contribution in [2.24, 2.45) is 0 Å². The number of rotatable bonds is 5. The summed E-state index contributed by atoms with van der Waals surface area (Å²) < 4.78 is 2.13. The Kier molecular flexibility index (Phi) is 5.22. The Morgan fingerprint density at radius 1 is 0.935 bits per heavy atom. The lowest BCUT2D eigenvalue weighted by Crippen LogP contribution is -2.01. The molecule has 0 atom stereocenters. The van der Waals surface area contributed by atoms with E-state index in [1.807, 2.05) is 54.6 Å². The fourth-order valence-corrected chi connectivity index (χ4v) is 4.23. The minimum absolute atomic E-state index is 0.519. The number of nitrogens with zero attached hydrogens (tertiary/aromatic N) is 4. The number of para-hydroxylation sites is 1. The van der Waals surface area contributed by atoms with E-state index >= 15 is 0 Å². The highest BCUT2D eigenvalue weighted by Gasteiger charge is 2.16. The molecular formula is C24H19Cl2N5. The van der Waals surface area contributed by atoms with Crippen LogP contribution in [-0.4, -0.2) is 19.5 Å². The Morgan fingerprint density at radius 2 is 1.84 bits per heavy atom. The van der Waals surface area contributed by atoms with Gasteiger partial charge in [0, 0.05) is 35.6 Å². The lowest BCUT2D eigenvalue weighted by Gasteiger charge is -2.11. The molecule has 0 fully saturated rings. The fraction of sp³-hybridized carbons (Fsp3) is 0.125. The summed E-state index contributed by atoms with van der Waals surface area (Å²) in [6, 6.07) is 17.6. The van der Waals surface area contributed by atoms with Crippen molar-refractivity contribution in [1.29, 1.82) is 0 Å². The van der Waals surface area contributed by atoms with Crippen LogP contribution in [0.5, 0.6) is 0 Å². The molecule has 3 heterocycles. The molecule has 0 aliphatic heterocycles. The smallest absolute Gasteiger partial charge is 0.149 e. The first-order chi connectivity index (χ1) is 15.1. The number of aromatic nitrogens is 4. The molecule has 3 aromatic heterocycles. The molecule has 0 aliphatic rings. The number of imidazole rings is 1. The van der Waals surface area contributed by atoms with E-state index in [-0.39, 0.29) is 0 Å². The summed E-state index contributed by atoms with van der Waals surface area (Å²) in [5.74, 6) is 1.40. The van der Waals surface area contributed by atoms with Gasteiger partial charge < -0.3 is 9.88 Å². The summed E-state index contributed by atoms with van der Waals surface area (Å²) in [7, 11) is 0. The minimum atomic E-state index is 0.519. The predicted molar refractivity (Wildman–Crippen MR) is 128 cm³/mol. The highest BCUT2D eigenvalue weighted by molar-refractivity contribution is 6.35. The molecule has 154 valence electrons. The predicted octanol–water partition coefficient (Wildman–Crippen LogP) is 7.11. The van der Waals surface area contributed by atoms with Gasteiger partial charge in [-0.3, -0.25) is 4.98 Å². The van der Waals surface area contributed by atoms with Gasteiger partial charge in [-0.2, -0.15) is 0 Å². The van der Waals surface area contributed by atoms with Gasteiger partial charge in [0.15, 0.2) is 0 Å². The average Bonchev–Trinajstić information content (AvgIpc) is 3.15. The first-order valence-corrected chi connectivity index (χ1v) is 10.8. The third kappa shape index (κ3) is 3.71. The van der Waals surface area contributed by atoms with Crippen LogP contribution in [0.25, 0.3) is 33.3 Å². The standard InChI is InChI=1S/C24H19Cl2N5/c1-2-11-31-22-18(25)6-3-7-21(22)30-24(31)16-13-19(26)23(28-14-16)29-17-8-9-20-15(12-17)5-4-10-27-20/h3-10,12-14H,2,11H2,1H3,(H,28,29). The van der Waals surface area contributed by atoms with Crippen molar-refractivity contribution in [2.75, 3.05) is 5.32 Å². The Bertz CT molecular complexity index is 1410. The lowest BCUT2D eigenvalue weighted by atomic mass is 10.2.